The Hall–Kier alpha value is -3.35. The molecule has 1 amide bonds. The maximum Gasteiger partial charge on any atom is 0.209 e. The zero-order chi connectivity index (χ0) is 27.8. The summed E-state index contributed by atoms with van der Waals surface area (Å²) in [4.78, 5) is 13.2. The van der Waals surface area contributed by atoms with E-state index in [1.165, 1.54) is 28.2 Å². The summed E-state index contributed by atoms with van der Waals surface area (Å²) in [6.45, 7) is 10.9. The van der Waals surface area contributed by atoms with Crippen molar-refractivity contribution in [3.05, 3.63) is 94.1 Å². The van der Waals surface area contributed by atoms with Crippen LogP contribution in [0.4, 0.5) is 8.78 Å². The molecule has 1 aliphatic heterocycles. The first-order chi connectivity index (χ1) is 18.3. The van der Waals surface area contributed by atoms with Crippen LogP contribution in [0, 0.1) is 26.6 Å². The van der Waals surface area contributed by atoms with Gasteiger partial charge in [-0.2, -0.15) is 0 Å². The molecule has 0 radical (unpaired) electrons. The van der Waals surface area contributed by atoms with E-state index in [0.29, 0.717) is 19.5 Å². The highest BCUT2D eigenvalue weighted by molar-refractivity contribution is 7.16. The third-order valence-electron chi connectivity index (χ3n) is 6.51. The summed E-state index contributed by atoms with van der Waals surface area (Å²) in [6.07, 6.45) is -0.0963. The first-order valence-electron chi connectivity index (χ1n) is 12.8. The summed E-state index contributed by atoms with van der Waals surface area (Å²) in [5.74, 6) is -0.240. The van der Waals surface area contributed by atoms with Crippen LogP contribution in [0.15, 0.2) is 66.7 Å². The van der Waals surface area contributed by atoms with Gasteiger partial charge >= 0.3 is 0 Å². The van der Waals surface area contributed by atoms with Gasteiger partial charge in [-0.3, -0.25) is 4.79 Å². The van der Waals surface area contributed by atoms with Crippen LogP contribution < -0.4 is 0 Å². The lowest BCUT2D eigenvalue weighted by atomic mass is 9.92. The van der Waals surface area contributed by atoms with Gasteiger partial charge < -0.3 is 10.0 Å². The van der Waals surface area contributed by atoms with E-state index < -0.39 is 6.17 Å². The minimum absolute atomic E-state index is 0.0463. The molecule has 0 aliphatic carbocycles. The number of carbonyl (C=O) groups excluding carboxylic acids is 1. The largest absolute Gasteiger partial charge is 0.391 e. The van der Waals surface area contributed by atoms with Gasteiger partial charge in [-0.1, -0.05) is 67.9 Å². The second kappa shape index (κ2) is 13.4. The minimum atomic E-state index is -0.759. The highest BCUT2D eigenvalue weighted by Crippen LogP contribution is 2.42. The van der Waals surface area contributed by atoms with Gasteiger partial charge in [-0.15, -0.1) is 11.3 Å². The normalized spacial score (nSPS) is 12.6. The van der Waals surface area contributed by atoms with Crippen LogP contribution in [0.5, 0.6) is 0 Å². The van der Waals surface area contributed by atoms with Crippen molar-refractivity contribution in [3.63, 3.8) is 0 Å². The van der Waals surface area contributed by atoms with Crippen molar-refractivity contribution in [3.8, 4) is 32.7 Å². The minimum Gasteiger partial charge on any atom is -0.391 e. The van der Waals surface area contributed by atoms with Crippen molar-refractivity contribution in [2.24, 2.45) is 0 Å². The number of hydrogen-bond acceptors (Lipinski definition) is 3. The molecular formula is C32H35F2NO2S. The average Bonchev–Trinajstić information content (AvgIpc) is 3.22. The smallest absolute Gasteiger partial charge is 0.209 e. The van der Waals surface area contributed by atoms with Gasteiger partial charge in [0.25, 0.3) is 0 Å². The molecule has 38 heavy (non-hydrogen) atoms. The predicted octanol–water partition coefficient (Wildman–Crippen LogP) is 8.13. The zero-order valence-electron chi connectivity index (χ0n) is 22.6. The molecule has 1 aromatic heterocycles. The van der Waals surface area contributed by atoms with Gasteiger partial charge in [0.1, 0.15) is 12.0 Å². The fourth-order valence-electron chi connectivity index (χ4n) is 4.14. The van der Waals surface area contributed by atoms with Crippen LogP contribution in [0.3, 0.4) is 0 Å². The number of halogens is 2. The van der Waals surface area contributed by atoms with Crippen LogP contribution >= 0.6 is 11.3 Å². The molecule has 2 heterocycles. The van der Waals surface area contributed by atoms with E-state index in [1.54, 1.807) is 11.3 Å². The highest BCUT2D eigenvalue weighted by Gasteiger charge is 2.23. The van der Waals surface area contributed by atoms with Crippen LogP contribution in [0.25, 0.3) is 32.7 Å². The summed E-state index contributed by atoms with van der Waals surface area (Å²) in [6, 6.07) is 21.6. The molecular weight excluding hydrogens is 500 g/mol. The lowest BCUT2D eigenvalue weighted by molar-refractivity contribution is -0.124. The van der Waals surface area contributed by atoms with Crippen LogP contribution in [0.2, 0.25) is 0 Å². The zero-order valence-corrected chi connectivity index (χ0v) is 23.4. The molecule has 1 fully saturated rings. The fourth-order valence-corrected chi connectivity index (χ4v) is 5.35. The van der Waals surface area contributed by atoms with Crippen molar-refractivity contribution in [2.45, 2.75) is 47.4 Å². The molecule has 1 saturated heterocycles. The van der Waals surface area contributed by atoms with Gasteiger partial charge in [-0.05, 0) is 77.9 Å². The van der Waals surface area contributed by atoms with Gasteiger partial charge in [0.15, 0.2) is 0 Å². The number of likely N-dealkylation sites (tertiary alicyclic amines) is 1. The lowest BCUT2D eigenvalue weighted by Gasteiger charge is -2.29. The molecule has 200 valence electrons. The number of amides is 1. The molecule has 1 N–H and O–H groups in total. The van der Waals surface area contributed by atoms with Crippen molar-refractivity contribution < 1.29 is 18.7 Å². The van der Waals surface area contributed by atoms with E-state index in [2.05, 4.69) is 63.2 Å². The molecule has 0 spiro atoms. The Morgan fingerprint density at radius 1 is 0.868 bits per heavy atom. The van der Waals surface area contributed by atoms with Crippen LogP contribution in [-0.4, -0.2) is 35.7 Å². The Morgan fingerprint density at radius 3 is 1.95 bits per heavy atom. The second-order valence-corrected chi connectivity index (χ2v) is 10.2. The second-order valence-electron chi connectivity index (χ2n) is 9.05. The maximum atomic E-state index is 13.5. The number of hydrogen-bond donors (Lipinski definition) is 1. The first-order valence-corrected chi connectivity index (χ1v) is 13.6. The maximum absolute atomic E-state index is 13.5. The van der Waals surface area contributed by atoms with Gasteiger partial charge in [-0.25, -0.2) is 8.78 Å². The molecule has 5 rings (SSSR count). The van der Waals surface area contributed by atoms with E-state index in [0.717, 1.165) is 43.1 Å². The molecule has 0 atom stereocenters. The number of carbonyl (C=O) groups is 1. The molecule has 0 unspecified atom stereocenters. The number of alkyl halides is 1. The van der Waals surface area contributed by atoms with E-state index in [1.807, 2.05) is 26.0 Å². The van der Waals surface area contributed by atoms with Crippen LogP contribution in [-0.2, 0) is 11.4 Å². The Bertz CT molecular complexity index is 1340. The Kier molecular flexibility index (Phi) is 10.3. The topological polar surface area (TPSA) is 40.5 Å². The molecule has 0 saturated carbocycles. The standard InChI is InChI=1S/C26H23FOS.C4H6FNO.C2H6/c1-16-4-6-19(7-5-16)21-10-13-23(26-18(3)17(2)25(15-28)29-26)24(14-21)20-8-11-22(27)12-9-20;5-4-1-6(2-4)3-7;1-2/h4-14,28H,15H2,1-3H3;3-4H,1-2H2;1-2H3. The summed E-state index contributed by atoms with van der Waals surface area (Å²) >= 11 is 1.63. The highest BCUT2D eigenvalue weighted by atomic mass is 32.1. The first kappa shape index (κ1) is 29.2. The van der Waals surface area contributed by atoms with Crippen molar-refractivity contribution in [1.82, 2.24) is 4.90 Å². The molecule has 3 nitrogen and oxygen atoms in total. The number of rotatable bonds is 5. The monoisotopic (exact) mass is 535 g/mol. The number of thiophene rings is 1. The van der Waals surface area contributed by atoms with E-state index in [4.69, 9.17) is 0 Å². The summed E-state index contributed by atoms with van der Waals surface area (Å²) in [5, 5.41) is 9.70. The van der Waals surface area contributed by atoms with E-state index >= 15 is 0 Å². The number of benzene rings is 3. The molecule has 4 aromatic rings. The molecule has 3 aromatic carbocycles. The van der Waals surface area contributed by atoms with Gasteiger partial charge in [0, 0.05) is 9.75 Å². The fraction of sp³-hybridized carbons (Fsp3) is 0.281. The molecule has 1 aliphatic rings. The van der Waals surface area contributed by atoms with Crippen molar-refractivity contribution in [1.29, 1.82) is 0 Å². The molecule has 6 heteroatoms. The molecule has 0 bridgehead atoms. The number of nitrogens with zero attached hydrogens (tertiary/aromatic N) is 1. The number of aliphatic hydroxyl groups excluding tert-OH is 1. The number of aliphatic hydroxyl groups is 1. The summed E-state index contributed by atoms with van der Waals surface area (Å²) in [5.41, 5.74) is 8.99. The van der Waals surface area contributed by atoms with Gasteiger partial charge in [0.05, 0.1) is 19.7 Å². The Morgan fingerprint density at radius 2 is 1.45 bits per heavy atom. The summed E-state index contributed by atoms with van der Waals surface area (Å²) < 4.78 is 25.3. The Balaban J connectivity index is 0.000000381. The predicted molar refractivity (Wildman–Crippen MR) is 155 cm³/mol. The van der Waals surface area contributed by atoms with E-state index in [-0.39, 0.29) is 12.4 Å². The van der Waals surface area contributed by atoms with Gasteiger partial charge in [0.2, 0.25) is 6.41 Å². The third kappa shape index (κ3) is 6.74. The Labute approximate surface area is 228 Å². The summed E-state index contributed by atoms with van der Waals surface area (Å²) in [7, 11) is 0. The van der Waals surface area contributed by atoms with E-state index in [9.17, 15) is 18.7 Å². The lowest BCUT2D eigenvalue weighted by Crippen LogP contribution is -2.47. The average molecular weight is 536 g/mol. The van der Waals surface area contributed by atoms with Crippen molar-refractivity contribution >= 4 is 17.7 Å². The van der Waals surface area contributed by atoms with Crippen molar-refractivity contribution in [2.75, 3.05) is 13.1 Å². The third-order valence-corrected chi connectivity index (χ3v) is 7.92. The van der Waals surface area contributed by atoms with Crippen LogP contribution in [0.1, 0.15) is 35.4 Å². The SMILES string of the molecule is CC.Cc1ccc(-c2ccc(-c3sc(CO)c(C)c3C)c(-c3ccc(F)cc3)c2)cc1.O=CN1CC(F)C1. The quantitative estimate of drug-likeness (QED) is 0.262. The number of aryl methyl sites for hydroxylation is 1.